The lowest BCUT2D eigenvalue weighted by Crippen LogP contribution is -2.21. The maximum absolute atomic E-state index is 15.2. The Morgan fingerprint density at radius 3 is 1.87 bits per heavy atom. The summed E-state index contributed by atoms with van der Waals surface area (Å²) in [5.41, 5.74) is 1.39. The van der Waals surface area contributed by atoms with E-state index in [0.717, 1.165) is 12.1 Å². The van der Waals surface area contributed by atoms with Gasteiger partial charge in [0.1, 0.15) is 17.4 Å². The third kappa shape index (κ3) is 6.20. The number of rotatable bonds is 7. The molecule has 0 aliphatic heterocycles. The standard InChI is InChI=1S/C34H16F9NOS/c35-25-12-19(18-3-1-17(2-4-18)11-31(39)40)5-8-23(25)20-6-10-29-30(15-20)46-33(44-29)34(42,43)45-22-7-9-24(26(36)16-22)21-13-27(37)32(41)28(38)14-21/h1-16H. The number of ether oxygens (including phenoxy) is 1. The summed E-state index contributed by atoms with van der Waals surface area (Å²) in [4.78, 5) is 3.92. The molecule has 12 heteroatoms. The minimum absolute atomic E-state index is 0.171. The first-order valence-corrected chi connectivity index (χ1v) is 14.0. The largest absolute Gasteiger partial charge is 0.454 e. The maximum Gasteiger partial charge on any atom is 0.454 e. The van der Waals surface area contributed by atoms with Gasteiger partial charge in [0, 0.05) is 23.3 Å². The molecule has 5 aromatic carbocycles. The van der Waals surface area contributed by atoms with Gasteiger partial charge in [0.25, 0.3) is 6.08 Å². The summed E-state index contributed by atoms with van der Waals surface area (Å²) in [6, 6.07) is 18.6. The van der Waals surface area contributed by atoms with Gasteiger partial charge in [0.05, 0.1) is 10.2 Å². The number of benzene rings is 5. The molecule has 46 heavy (non-hydrogen) atoms. The maximum atomic E-state index is 15.2. The summed E-state index contributed by atoms with van der Waals surface area (Å²) in [6.45, 7) is 0. The molecular weight excluding hydrogens is 641 g/mol. The Kier molecular flexibility index (Phi) is 8.07. The highest BCUT2D eigenvalue weighted by Crippen LogP contribution is 2.39. The Bertz CT molecular complexity index is 2110. The zero-order chi connectivity index (χ0) is 32.7. The summed E-state index contributed by atoms with van der Waals surface area (Å²) < 4.78 is 131. The quantitative estimate of drug-likeness (QED) is 0.126. The average molecular weight is 658 g/mol. The van der Waals surface area contributed by atoms with E-state index in [1.54, 1.807) is 18.2 Å². The molecule has 0 bridgehead atoms. The monoisotopic (exact) mass is 657 g/mol. The van der Waals surface area contributed by atoms with E-state index in [4.69, 9.17) is 4.74 Å². The third-order valence-electron chi connectivity index (χ3n) is 6.92. The van der Waals surface area contributed by atoms with Crippen LogP contribution in [0, 0.1) is 29.1 Å². The molecular formula is C34H16F9NOS. The normalized spacial score (nSPS) is 11.6. The van der Waals surface area contributed by atoms with Crippen LogP contribution in [0.25, 0.3) is 49.7 Å². The molecule has 1 aromatic heterocycles. The summed E-state index contributed by atoms with van der Waals surface area (Å²) in [5.74, 6) is -7.20. The van der Waals surface area contributed by atoms with Crippen LogP contribution < -0.4 is 4.74 Å². The van der Waals surface area contributed by atoms with Crippen LogP contribution in [0.1, 0.15) is 10.6 Å². The van der Waals surface area contributed by atoms with Crippen molar-refractivity contribution in [1.29, 1.82) is 0 Å². The molecule has 0 fully saturated rings. The topological polar surface area (TPSA) is 22.1 Å². The Morgan fingerprint density at radius 2 is 1.22 bits per heavy atom. The molecule has 1 heterocycles. The molecule has 0 saturated heterocycles. The predicted molar refractivity (Wildman–Crippen MR) is 157 cm³/mol. The van der Waals surface area contributed by atoms with Gasteiger partial charge in [0.15, 0.2) is 17.5 Å². The predicted octanol–water partition coefficient (Wildman–Crippen LogP) is 11.4. The van der Waals surface area contributed by atoms with Gasteiger partial charge in [-0.15, -0.1) is 11.3 Å². The smallest absolute Gasteiger partial charge is 0.427 e. The van der Waals surface area contributed by atoms with E-state index in [9.17, 15) is 26.3 Å². The Morgan fingerprint density at radius 1 is 0.630 bits per heavy atom. The number of aromatic nitrogens is 1. The number of thiazole rings is 1. The molecule has 6 rings (SSSR count). The van der Waals surface area contributed by atoms with E-state index in [2.05, 4.69) is 4.98 Å². The Hall–Kier alpha value is -5.10. The van der Waals surface area contributed by atoms with Crippen LogP contribution in [0.4, 0.5) is 39.5 Å². The van der Waals surface area contributed by atoms with Crippen molar-refractivity contribution in [2.24, 2.45) is 0 Å². The molecule has 0 aliphatic carbocycles. The lowest BCUT2D eigenvalue weighted by molar-refractivity contribution is -0.185. The van der Waals surface area contributed by atoms with Gasteiger partial charge >= 0.3 is 6.11 Å². The first-order valence-electron chi connectivity index (χ1n) is 13.2. The molecule has 0 spiro atoms. The molecule has 0 saturated carbocycles. The van der Waals surface area contributed by atoms with Gasteiger partial charge in [-0.1, -0.05) is 42.5 Å². The van der Waals surface area contributed by atoms with E-state index < -0.39 is 52.0 Å². The number of hydrogen-bond acceptors (Lipinski definition) is 3. The summed E-state index contributed by atoms with van der Waals surface area (Å²) >= 11 is 0.573. The number of nitrogens with zero attached hydrogens (tertiary/aromatic N) is 1. The number of alkyl halides is 2. The zero-order valence-corrected chi connectivity index (χ0v) is 23.7. The van der Waals surface area contributed by atoms with Crippen LogP contribution in [0.5, 0.6) is 5.75 Å². The van der Waals surface area contributed by atoms with E-state index in [1.165, 1.54) is 42.5 Å². The fourth-order valence-electron chi connectivity index (χ4n) is 4.74. The molecule has 0 amide bonds. The first kappa shape index (κ1) is 30.9. The molecule has 6 aromatic rings. The van der Waals surface area contributed by atoms with Crippen molar-refractivity contribution in [1.82, 2.24) is 4.98 Å². The van der Waals surface area contributed by atoms with Crippen molar-refractivity contribution >= 4 is 27.6 Å². The second-order valence-electron chi connectivity index (χ2n) is 9.97. The van der Waals surface area contributed by atoms with Crippen LogP contribution >= 0.6 is 11.3 Å². The van der Waals surface area contributed by atoms with Crippen LogP contribution in [0.2, 0.25) is 0 Å². The van der Waals surface area contributed by atoms with E-state index >= 15 is 13.2 Å². The van der Waals surface area contributed by atoms with Crippen molar-refractivity contribution in [2.75, 3.05) is 0 Å². The van der Waals surface area contributed by atoms with Crippen molar-refractivity contribution in [3.63, 3.8) is 0 Å². The van der Waals surface area contributed by atoms with E-state index in [0.29, 0.717) is 52.3 Å². The minimum Gasteiger partial charge on any atom is -0.427 e. The average Bonchev–Trinajstić information content (AvgIpc) is 3.44. The highest BCUT2D eigenvalue weighted by molar-refractivity contribution is 7.18. The lowest BCUT2D eigenvalue weighted by atomic mass is 9.99. The van der Waals surface area contributed by atoms with Crippen molar-refractivity contribution in [3.8, 4) is 39.1 Å². The highest BCUT2D eigenvalue weighted by atomic mass is 32.1. The van der Waals surface area contributed by atoms with Gasteiger partial charge in [0.2, 0.25) is 5.01 Å². The lowest BCUT2D eigenvalue weighted by Gasteiger charge is -2.16. The molecule has 0 unspecified atom stereocenters. The van der Waals surface area contributed by atoms with Gasteiger partial charge in [-0.2, -0.15) is 17.6 Å². The summed E-state index contributed by atoms with van der Waals surface area (Å²) in [6.07, 6.45) is -5.16. The molecule has 0 aliphatic rings. The Labute approximate surface area is 258 Å². The van der Waals surface area contributed by atoms with Crippen molar-refractivity contribution in [3.05, 3.63) is 137 Å². The second-order valence-corrected chi connectivity index (χ2v) is 11.0. The number of hydrogen-bond donors (Lipinski definition) is 0. The molecule has 0 atom stereocenters. The minimum atomic E-state index is -4.03. The van der Waals surface area contributed by atoms with E-state index in [1.807, 2.05) is 0 Å². The highest BCUT2D eigenvalue weighted by Gasteiger charge is 2.39. The fraction of sp³-hybridized carbons (Fsp3) is 0.0294. The fourth-order valence-corrected chi connectivity index (χ4v) is 5.66. The summed E-state index contributed by atoms with van der Waals surface area (Å²) in [5, 5.41) is -0.770. The first-order chi connectivity index (χ1) is 21.9. The third-order valence-corrected chi connectivity index (χ3v) is 7.99. The molecule has 0 N–H and O–H groups in total. The van der Waals surface area contributed by atoms with Crippen molar-refractivity contribution in [2.45, 2.75) is 6.11 Å². The second kappa shape index (κ2) is 12.0. The van der Waals surface area contributed by atoms with E-state index in [-0.39, 0.29) is 32.5 Å². The summed E-state index contributed by atoms with van der Waals surface area (Å²) in [7, 11) is 0. The molecule has 232 valence electrons. The Balaban J connectivity index is 1.23. The van der Waals surface area contributed by atoms with Gasteiger partial charge in [-0.25, -0.2) is 26.9 Å². The SMILES string of the molecule is FC(F)=Cc1ccc(-c2ccc(-c3ccc4nc(C(F)(F)Oc5ccc(-c6cc(F)c(F)c(F)c6)c(F)c5)sc4c3)c(F)c2)cc1. The molecule has 0 radical (unpaired) electrons. The zero-order valence-electron chi connectivity index (χ0n) is 22.9. The van der Waals surface area contributed by atoms with Crippen LogP contribution in [-0.2, 0) is 6.11 Å². The van der Waals surface area contributed by atoms with Crippen LogP contribution in [0.3, 0.4) is 0 Å². The van der Waals surface area contributed by atoms with Gasteiger partial charge in [-0.3, -0.25) is 0 Å². The molecule has 2 nitrogen and oxygen atoms in total. The number of halogens is 9. The number of fused-ring (bicyclic) bond motifs is 1. The van der Waals surface area contributed by atoms with Gasteiger partial charge in [-0.05, 0) is 70.3 Å². The van der Waals surface area contributed by atoms with Crippen LogP contribution in [0.15, 0.2) is 97.1 Å². The van der Waals surface area contributed by atoms with Crippen LogP contribution in [-0.4, -0.2) is 4.98 Å². The van der Waals surface area contributed by atoms with Crippen molar-refractivity contribution < 1.29 is 44.3 Å². The van der Waals surface area contributed by atoms with Gasteiger partial charge < -0.3 is 4.74 Å².